The van der Waals surface area contributed by atoms with Gasteiger partial charge in [-0.2, -0.15) is 0 Å². The number of aromatic nitrogens is 2. The number of hydrogen-bond acceptors (Lipinski definition) is 4. The van der Waals surface area contributed by atoms with Crippen LogP contribution in [0.3, 0.4) is 0 Å². The molecule has 0 atom stereocenters. The number of amides is 2. The molecule has 3 rings (SSSR count). The Hall–Kier alpha value is -2.61. The monoisotopic (exact) mass is 418 g/mol. The molecule has 136 valence electrons. The summed E-state index contributed by atoms with van der Waals surface area (Å²) in [4.78, 5) is 30.1. The van der Waals surface area contributed by atoms with Gasteiger partial charge in [-0.3, -0.25) is 9.59 Å². The van der Waals surface area contributed by atoms with Crippen LogP contribution in [0, 0.1) is 0 Å². The minimum absolute atomic E-state index is 0.0420. The van der Waals surface area contributed by atoms with E-state index in [4.69, 9.17) is 4.42 Å². The fraction of sp³-hybridized carbons (Fsp3) is 0.278. The highest BCUT2D eigenvalue weighted by molar-refractivity contribution is 9.10. The molecule has 2 heterocycles. The van der Waals surface area contributed by atoms with Crippen molar-refractivity contribution in [3.05, 3.63) is 52.7 Å². The van der Waals surface area contributed by atoms with Gasteiger partial charge in [-0.15, -0.1) is 0 Å². The van der Waals surface area contributed by atoms with Crippen molar-refractivity contribution >= 4 is 38.8 Å². The molecule has 26 heavy (non-hydrogen) atoms. The van der Waals surface area contributed by atoms with Crippen LogP contribution in [-0.2, 0) is 18.3 Å². The summed E-state index contributed by atoms with van der Waals surface area (Å²) >= 11 is 3.15. The Balaban J connectivity index is 1.50. The molecule has 0 fully saturated rings. The van der Waals surface area contributed by atoms with Crippen LogP contribution in [0.5, 0.6) is 0 Å². The number of aryl methyl sites for hydroxylation is 1. The SMILES string of the molecule is CN(CC(=O)NCCc1nc2ccccc2n1C)C(=O)c1ccc(Br)o1. The van der Waals surface area contributed by atoms with Gasteiger partial charge in [-0.05, 0) is 40.2 Å². The highest BCUT2D eigenvalue weighted by Crippen LogP contribution is 2.15. The molecule has 7 nitrogen and oxygen atoms in total. The van der Waals surface area contributed by atoms with Crippen LogP contribution in [0.2, 0.25) is 0 Å². The Morgan fingerprint density at radius 3 is 2.73 bits per heavy atom. The number of carbonyl (C=O) groups excluding carboxylic acids is 2. The maximum atomic E-state index is 12.2. The number of carbonyl (C=O) groups is 2. The number of likely N-dealkylation sites (N-methyl/N-ethyl adjacent to an activating group) is 1. The van der Waals surface area contributed by atoms with Crippen molar-refractivity contribution in [2.45, 2.75) is 6.42 Å². The maximum Gasteiger partial charge on any atom is 0.289 e. The van der Waals surface area contributed by atoms with E-state index in [9.17, 15) is 9.59 Å². The zero-order valence-corrected chi connectivity index (χ0v) is 16.1. The Morgan fingerprint density at radius 1 is 1.27 bits per heavy atom. The average molecular weight is 419 g/mol. The first-order chi connectivity index (χ1) is 12.5. The molecule has 0 aliphatic heterocycles. The minimum atomic E-state index is -0.346. The normalized spacial score (nSPS) is 10.9. The lowest BCUT2D eigenvalue weighted by molar-refractivity contribution is -0.121. The topological polar surface area (TPSA) is 80.4 Å². The van der Waals surface area contributed by atoms with Gasteiger partial charge in [-0.1, -0.05) is 12.1 Å². The molecule has 0 bridgehead atoms. The molecule has 8 heteroatoms. The zero-order chi connectivity index (χ0) is 18.7. The molecular formula is C18H19BrN4O3. The van der Waals surface area contributed by atoms with Crippen LogP contribution in [-0.4, -0.2) is 46.4 Å². The van der Waals surface area contributed by atoms with E-state index in [1.807, 2.05) is 35.9 Å². The van der Waals surface area contributed by atoms with E-state index in [0.717, 1.165) is 16.9 Å². The number of nitrogens with zero attached hydrogens (tertiary/aromatic N) is 3. The summed E-state index contributed by atoms with van der Waals surface area (Å²) in [5.74, 6) is 0.509. The van der Waals surface area contributed by atoms with Crippen LogP contribution in [0.1, 0.15) is 16.4 Å². The first kappa shape index (κ1) is 18.2. The van der Waals surface area contributed by atoms with Gasteiger partial charge in [-0.25, -0.2) is 4.98 Å². The maximum absolute atomic E-state index is 12.2. The van der Waals surface area contributed by atoms with E-state index >= 15 is 0 Å². The Bertz CT molecular complexity index is 947. The van der Waals surface area contributed by atoms with Crippen LogP contribution in [0.25, 0.3) is 11.0 Å². The molecule has 2 aromatic heterocycles. The number of rotatable bonds is 6. The van der Waals surface area contributed by atoms with Crippen molar-refractivity contribution in [3.63, 3.8) is 0 Å². The molecule has 2 amide bonds. The van der Waals surface area contributed by atoms with Gasteiger partial charge >= 0.3 is 0 Å². The van der Waals surface area contributed by atoms with Crippen LogP contribution in [0.15, 0.2) is 45.5 Å². The van der Waals surface area contributed by atoms with Crippen molar-refractivity contribution in [1.29, 1.82) is 0 Å². The largest absolute Gasteiger partial charge is 0.444 e. The molecule has 1 N–H and O–H groups in total. The van der Waals surface area contributed by atoms with Crippen molar-refractivity contribution in [2.24, 2.45) is 7.05 Å². The third-order valence-electron chi connectivity index (χ3n) is 4.06. The molecule has 1 aromatic carbocycles. The van der Waals surface area contributed by atoms with E-state index in [1.54, 1.807) is 19.2 Å². The predicted molar refractivity (Wildman–Crippen MR) is 101 cm³/mol. The van der Waals surface area contributed by atoms with Crippen LogP contribution >= 0.6 is 15.9 Å². The van der Waals surface area contributed by atoms with E-state index in [-0.39, 0.29) is 24.1 Å². The Labute approximate surface area is 159 Å². The smallest absolute Gasteiger partial charge is 0.289 e. The van der Waals surface area contributed by atoms with Gasteiger partial charge in [0.2, 0.25) is 5.91 Å². The lowest BCUT2D eigenvalue weighted by atomic mass is 10.3. The molecule has 0 saturated heterocycles. The Kier molecular flexibility index (Phi) is 5.41. The summed E-state index contributed by atoms with van der Waals surface area (Å²) in [6.07, 6.45) is 0.611. The number of hydrogen-bond donors (Lipinski definition) is 1. The third-order valence-corrected chi connectivity index (χ3v) is 4.49. The molecule has 0 aliphatic rings. The first-order valence-electron chi connectivity index (χ1n) is 8.13. The molecular weight excluding hydrogens is 400 g/mol. The lowest BCUT2D eigenvalue weighted by Gasteiger charge is -2.15. The number of nitrogens with one attached hydrogen (secondary N) is 1. The zero-order valence-electron chi connectivity index (χ0n) is 14.5. The fourth-order valence-electron chi connectivity index (χ4n) is 2.69. The van der Waals surface area contributed by atoms with Crippen molar-refractivity contribution in [3.8, 4) is 0 Å². The third kappa shape index (κ3) is 3.96. The van der Waals surface area contributed by atoms with Gasteiger partial charge in [0, 0.05) is 27.1 Å². The van der Waals surface area contributed by atoms with Gasteiger partial charge in [0.15, 0.2) is 10.4 Å². The Morgan fingerprint density at radius 2 is 2.04 bits per heavy atom. The highest BCUT2D eigenvalue weighted by Gasteiger charge is 2.18. The van der Waals surface area contributed by atoms with Crippen LogP contribution < -0.4 is 5.32 Å². The van der Waals surface area contributed by atoms with E-state index in [2.05, 4.69) is 26.2 Å². The second-order valence-electron chi connectivity index (χ2n) is 5.94. The first-order valence-corrected chi connectivity index (χ1v) is 8.93. The molecule has 0 unspecified atom stereocenters. The van der Waals surface area contributed by atoms with Crippen molar-refractivity contribution in [1.82, 2.24) is 19.8 Å². The standard InChI is InChI=1S/C18H19BrN4O3/c1-22(18(25)14-7-8-15(19)26-14)11-17(24)20-10-9-16-21-12-5-3-4-6-13(12)23(16)2/h3-8H,9-11H2,1-2H3,(H,20,24). The summed E-state index contributed by atoms with van der Waals surface area (Å²) in [6.45, 7) is 0.407. The van der Waals surface area contributed by atoms with Crippen molar-refractivity contribution in [2.75, 3.05) is 20.1 Å². The molecule has 3 aromatic rings. The summed E-state index contributed by atoms with van der Waals surface area (Å²) in [7, 11) is 3.52. The highest BCUT2D eigenvalue weighted by atomic mass is 79.9. The van der Waals surface area contributed by atoms with E-state index in [1.165, 1.54) is 4.90 Å². The van der Waals surface area contributed by atoms with Crippen molar-refractivity contribution < 1.29 is 14.0 Å². The second kappa shape index (κ2) is 7.74. The predicted octanol–water partition coefficient (Wildman–Crippen LogP) is 2.36. The minimum Gasteiger partial charge on any atom is -0.444 e. The molecule has 0 aliphatic carbocycles. The summed E-state index contributed by atoms with van der Waals surface area (Å²) in [5, 5.41) is 2.82. The lowest BCUT2D eigenvalue weighted by Crippen LogP contribution is -2.39. The number of benzene rings is 1. The number of fused-ring (bicyclic) bond motifs is 1. The van der Waals surface area contributed by atoms with Gasteiger partial charge < -0.3 is 19.2 Å². The summed E-state index contributed by atoms with van der Waals surface area (Å²) in [5.41, 5.74) is 2.00. The van der Waals surface area contributed by atoms with Gasteiger partial charge in [0.05, 0.1) is 17.6 Å². The molecule has 0 spiro atoms. The van der Waals surface area contributed by atoms with Gasteiger partial charge in [0.1, 0.15) is 5.82 Å². The van der Waals surface area contributed by atoms with Gasteiger partial charge in [0.25, 0.3) is 5.91 Å². The quantitative estimate of drug-likeness (QED) is 0.666. The van der Waals surface area contributed by atoms with E-state index in [0.29, 0.717) is 17.6 Å². The number of imidazole rings is 1. The number of para-hydroxylation sites is 2. The average Bonchev–Trinajstić information content (AvgIpc) is 3.18. The van der Waals surface area contributed by atoms with Crippen LogP contribution in [0.4, 0.5) is 0 Å². The summed E-state index contributed by atoms with van der Waals surface area (Å²) in [6, 6.07) is 11.1. The second-order valence-corrected chi connectivity index (χ2v) is 6.72. The fourth-order valence-corrected chi connectivity index (χ4v) is 3.00. The molecule has 0 saturated carbocycles. The summed E-state index contributed by atoms with van der Waals surface area (Å²) < 4.78 is 7.70. The number of furan rings is 1. The molecule has 0 radical (unpaired) electrons. The number of halogens is 1. The van der Waals surface area contributed by atoms with E-state index < -0.39 is 0 Å².